The average molecular weight is 338 g/mol. The van der Waals surface area contributed by atoms with Gasteiger partial charge < -0.3 is 5.32 Å². The van der Waals surface area contributed by atoms with Gasteiger partial charge in [-0.25, -0.2) is 8.42 Å². The first-order chi connectivity index (χ1) is 9.52. The predicted molar refractivity (Wildman–Crippen MR) is 91.6 cm³/mol. The molecule has 0 aromatic carbocycles. The van der Waals surface area contributed by atoms with Crippen LogP contribution in [-0.4, -0.2) is 55.0 Å². The summed E-state index contributed by atoms with van der Waals surface area (Å²) in [4.78, 5) is 0. The lowest BCUT2D eigenvalue weighted by Gasteiger charge is -2.39. The van der Waals surface area contributed by atoms with Gasteiger partial charge in [-0.3, -0.25) is 0 Å². The van der Waals surface area contributed by atoms with Crippen molar-refractivity contribution in [1.29, 1.82) is 0 Å². The van der Waals surface area contributed by atoms with Gasteiger partial charge >= 0.3 is 0 Å². The van der Waals surface area contributed by atoms with E-state index in [9.17, 15) is 8.42 Å². The Labute approximate surface area is 132 Å². The van der Waals surface area contributed by atoms with E-state index in [1.807, 2.05) is 11.8 Å². The van der Waals surface area contributed by atoms with Crippen molar-refractivity contribution in [2.75, 3.05) is 30.1 Å². The second kappa shape index (κ2) is 7.75. The van der Waals surface area contributed by atoms with Crippen LogP contribution < -0.4 is 5.32 Å². The second-order valence-corrected chi connectivity index (χ2v) is 10.8. The molecule has 2 aliphatic rings. The zero-order valence-electron chi connectivity index (χ0n) is 12.5. The summed E-state index contributed by atoms with van der Waals surface area (Å²) in [6.45, 7) is 3.14. The summed E-state index contributed by atoms with van der Waals surface area (Å²) in [5.41, 5.74) is 0. The molecule has 1 heterocycles. The molecule has 118 valence electrons. The SMILES string of the molecule is CCNC(C1CCCC(S(C)(=O)=O)C1)C1CSCCS1. The van der Waals surface area contributed by atoms with Crippen LogP contribution in [-0.2, 0) is 9.84 Å². The highest BCUT2D eigenvalue weighted by Crippen LogP contribution is 2.36. The van der Waals surface area contributed by atoms with Crippen molar-refractivity contribution >= 4 is 33.4 Å². The standard InChI is InChI=1S/C14H27NO2S3/c1-3-15-14(13-10-18-7-8-19-13)11-5-4-6-12(9-11)20(2,16)17/h11-15H,3-10H2,1-2H3. The zero-order chi connectivity index (χ0) is 14.6. The molecule has 2 fully saturated rings. The van der Waals surface area contributed by atoms with Gasteiger partial charge in [0.15, 0.2) is 0 Å². The molecule has 20 heavy (non-hydrogen) atoms. The lowest BCUT2D eigenvalue weighted by atomic mass is 9.82. The van der Waals surface area contributed by atoms with E-state index >= 15 is 0 Å². The molecule has 1 N–H and O–H groups in total. The Balaban J connectivity index is 2.04. The maximum absolute atomic E-state index is 11.9. The topological polar surface area (TPSA) is 46.2 Å². The van der Waals surface area contributed by atoms with Gasteiger partial charge in [0.1, 0.15) is 9.84 Å². The first kappa shape index (κ1) is 17.0. The molecule has 6 heteroatoms. The maximum atomic E-state index is 11.9. The molecule has 0 radical (unpaired) electrons. The van der Waals surface area contributed by atoms with E-state index in [0.29, 0.717) is 17.2 Å². The quantitative estimate of drug-likeness (QED) is 0.835. The number of sulfone groups is 1. The van der Waals surface area contributed by atoms with Gasteiger partial charge in [0.2, 0.25) is 0 Å². The van der Waals surface area contributed by atoms with Crippen molar-refractivity contribution in [3.05, 3.63) is 0 Å². The van der Waals surface area contributed by atoms with E-state index in [2.05, 4.69) is 24.0 Å². The number of nitrogens with one attached hydrogen (secondary N) is 1. The third-order valence-corrected chi connectivity index (χ3v) is 8.99. The monoisotopic (exact) mass is 337 g/mol. The molecular weight excluding hydrogens is 310 g/mol. The maximum Gasteiger partial charge on any atom is 0.150 e. The molecule has 0 aromatic rings. The molecule has 0 bridgehead atoms. The Bertz CT molecular complexity index is 393. The van der Waals surface area contributed by atoms with Crippen LogP contribution in [0, 0.1) is 5.92 Å². The van der Waals surface area contributed by atoms with Crippen LogP contribution in [0.4, 0.5) is 0 Å². The van der Waals surface area contributed by atoms with Crippen LogP contribution in [0.5, 0.6) is 0 Å². The third kappa shape index (κ3) is 4.55. The van der Waals surface area contributed by atoms with E-state index in [1.54, 1.807) is 0 Å². The van der Waals surface area contributed by atoms with Gasteiger partial charge in [-0.05, 0) is 31.7 Å². The van der Waals surface area contributed by atoms with Gasteiger partial charge in [-0.15, -0.1) is 0 Å². The van der Waals surface area contributed by atoms with Crippen molar-refractivity contribution in [3.8, 4) is 0 Å². The van der Waals surface area contributed by atoms with Gasteiger partial charge in [-0.2, -0.15) is 23.5 Å². The fourth-order valence-electron chi connectivity index (χ4n) is 3.45. The van der Waals surface area contributed by atoms with E-state index in [4.69, 9.17) is 0 Å². The molecule has 4 unspecified atom stereocenters. The Morgan fingerprint density at radius 1 is 1.30 bits per heavy atom. The fourth-order valence-corrected chi connectivity index (χ4v) is 7.60. The molecule has 0 amide bonds. The molecular formula is C14H27NO2S3. The Morgan fingerprint density at radius 3 is 2.70 bits per heavy atom. The van der Waals surface area contributed by atoms with Crippen LogP contribution >= 0.6 is 23.5 Å². The van der Waals surface area contributed by atoms with Crippen LogP contribution in [0.1, 0.15) is 32.6 Å². The summed E-state index contributed by atoms with van der Waals surface area (Å²) in [5, 5.41) is 4.21. The first-order valence-electron chi connectivity index (χ1n) is 7.64. The summed E-state index contributed by atoms with van der Waals surface area (Å²) in [6.07, 6.45) is 5.38. The minimum atomic E-state index is -2.88. The largest absolute Gasteiger partial charge is 0.313 e. The Morgan fingerprint density at radius 2 is 2.10 bits per heavy atom. The number of thioether (sulfide) groups is 2. The molecule has 1 aliphatic carbocycles. The van der Waals surface area contributed by atoms with E-state index in [0.717, 1.165) is 25.8 Å². The normalized spacial score (nSPS) is 33.8. The van der Waals surface area contributed by atoms with Gasteiger partial charge in [0, 0.05) is 34.8 Å². The summed E-state index contributed by atoms with van der Waals surface area (Å²) in [6, 6.07) is 0.488. The molecule has 0 spiro atoms. The number of hydrogen-bond acceptors (Lipinski definition) is 5. The van der Waals surface area contributed by atoms with Crippen molar-refractivity contribution in [2.24, 2.45) is 5.92 Å². The van der Waals surface area contributed by atoms with Gasteiger partial charge in [0.05, 0.1) is 5.25 Å². The summed E-state index contributed by atoms with van der Waals surface area (Å²) >= 11 is 4.13. The number of rotatable bonds is 5. The molecule has 3 nitrogen and oxygen atoms in total. The van der Waals surface area contributed by atoms with E-state index in [1.165, 1.54) is 29.9 Å². The first-order valence-corrected chi connectivity index (χ1v) is 11.8. The zero-order valence-corrected chi connectivity index (χ0v) is 15.0. The van der Waals surface area contributed by atoms with Gasteiger partial charge in [0.25, 0.3) is 0 Å². The summed E-state index contributed by atoms with van der Waals surface area (Å²) < 4.78 is 23.7. The molecule has 1 aliphatic heterocycles. The molecule has 1 saturated carbocycles. The second-order valence-electron chi connectivity index (χ2n) is 5.95. The van der Waals surface area contributed by atoms with Crippen molar-refractivity contribution in [1.82, 2.24) is 5.32 Å². The van der Waals surface area contributed by atoms with Crippen LogP contribution in [0.25, 0.3) is 0 Å². The minimum absolute atomic E-state index is 0.108. The number of hydrogen-bond donors (Lipinski definition) is 1. The van der Waals surface area contributed by atoms with E-state index in [-0.39, 0.29) is 5.25 Å². The highest BCUT2D eigenvalue weighted by Gasteiger charge is 2.36. The highest BCUT2D eigenvalue weighted by atomic mass is 32.2. The lowest BCUT2D eigenvalue weighted by Crippen LogP contribution is -2.48. The third-order valence-electron chi connectivity index (χ3n) is 4.46. The Kier molecular flexibility index (Phi) is 6.57. The molecule has 1 saturated heterocycles. The minimum Gasteiger partial charge on any atom is -0.313 e. The Hall–Kier alpha value is 0.610. The van der Waals surface area contributed by atoms with Crippen molar-refractivity contribution in [2.45, 2.75) is 49.1 Å². The smallest absolute Gasteiger partial charge is 0.150 e. The van der Waals surface area contributed by atoms with Crippen LogP contribution in [0.2, 0.25) is 0 Å². The summed E-state index contributed by atoms with van der Waals surface area (Å²) in [7, 11) is -2.88. The predicted octanol–water partition coefficient (Wildman–Crippen LogP) is 2.42. The molecule has 2 rings (SSSR count). The lowest BCUT2D eigenvalue weighted by molar-refractivity contribution is 0.272. The fraction of sp³-hybridized carbons (Fsp3) is 1.00. The molecule has 4 atom stereocenters. The van der Waals surface area contributed by atoms with Crippen molar-refractivity contribution < 1.29 is 8.42 Å². The van der Waals surface area contributed by atoms with Gasteiger partial charge in [-0.1, -0.05) is 13.3 Å². The van der Waals surface area contributed by atoms with Crippen LogP contribution in [0.3, 0.4) is 0 Å². The summed E-state index contributed by atoms with van der Waals surface area (Å²) in [5.74, 6) is 4.23. The molecule has 0 aromatic heterocycles. The highest BCUT2D eigenvalue weighted by molar-refractivity contribution is 8.06. The van der Waals surface area contributed by atoms with E-state index < -0.39 is 9.84 Å². The average Bonchev–Trinajstić information content (AvgIpc) is 2.45. The van der Waals surface area contributed by atoms with Crippen molar-refractivity contribution in [3.63, 3.8) is 0 Å². The van der Waals surface area contributed by atoms with Crippen LogP contribution in [0.15, 0.2) is 0 Å².